The summed E-state index contributed by atoms with van der Waals surface area (Å²) in [5.74, 6) is -0.305. The SMILES string of the molecule is N#C[C@H](NC(=O)c1n[nH]c2c1CCC2)c1cccc(Br)c1. The van der Waals surface area contributed by atoms with Crippen molar-refractivity contribution in [2.45, 2.75) is 25.3 Å². The Morgan fingerprint density at radius 3 is 3.10 bits per heavy atom. The maximum Gasteiger partial charge on any atom is 0.273 e. The minimum absolute atomic E-state index is 0.305. The van der Waals surface area contributed by atoms with E-state index < -0.39 is 6.04 Å². The van der Waals surface area contributed by atoms with Crippen LogP contribution >= 0.6 is 15.9 Å². The maximum absolute atomic E-state index is 12.3. The number of hydrogen-bond acceptors (Lipinski definition) is 3. The molecule has 0 saturated carbocycles. The lowest BCUT2D eigenvalue weighted by atomic mass is 10.1. The van der Waals surface area contributed by atoms with Crippen molar-refractivity contribution in [1.82, 2.24) is 15.5 Å². The van der Waals surface area contributed by atoms with Crippen LogP contribution in [0, 0.1) is 11.3 Å². The lowest BCUT2D eigenvalue weighted by molar-refractivity contribution is 0.0939. The molecule has 1 aliphatic carbocycles. The molecular weight excluding hydrogens is 332 g/mol. The Labute approximate surface area is 130 Å². The van der Waals surface area contributed by atoms with Crippen molar-refractivity contribution in [1.29, 1.82) is 5.26 Å². The van der Waals surface area contributed by atoms with Crippen LogP contribution in [-0.2, 0) is 12.8 Å². The molecule has 3 rings (SSSR count). The Balaban J connectivity index is 1.81. The van der Waals surface area contributed by atoms with Crippen LogP contribution in [0.25, 0.3) is 0 Å². The Bertz CT molecular complexity index is 732. The van der Waals surface area contributed by atoms with E-state index in [1.54, 1.807) is 0 Å². The maximum atomic E-state index is 12.3. The van der Waals surface area contributed by atoms with E-state index in [-0.39, 0.29) is 5.91 Å². The number of halogens is 1. The van der Waals surface area contributed by atoms with Gasteiger partial charge in [0.05, 0.1) is 6.07 Å². The molecule has 6 heteroatoms. The predicted octanol–water partition coefficient (Wildman–Crippen LogP) is 2.66. The fourth-order valence-electron chi connectivity index (χ4n) is 2.58. The average Bonchev–Trinajstić information content (AvgIpc) is 3.07. The second kappa shape index (κ2) is 5.70. The summed E-state index contributed by atoms with van der Waals surface area (Å²) in [7, 11) is 0. The van der Waals surface area contributed by atoms with Crippen molar-refractivity contribution in [3.05, 3.63) is 51.3 Å². The van der Waals surface area contributed by atoms with Gasteiger partial charge in [-0.2, -0.15) is 10.4 Å². The normalized spacial score (nSPS) is 14.3. The first-order chi connectivity index (χ1) is 10.2. The van der Waals surface area contributed by atoms with Gasteiger partial charge in [0.15, 0.2) is 5.69 Å². The number of carbonyl (C=O) groups is 1. The van der Waals surface area contributed by atoms with Gasteiger partial charge in [0.2, 0.25) is 0 Å². The van der Waals surface area contributed by atoms with Gasteiger partial charge in [-0.1, -0.05) is 28.1 Å². The van der Waals surface area contributed by atoms with Crippen LogP contribution in [0.4, 0.5) is 0 Å². The number of carbonyl (C=O) groups excluding carboxylic acids is 1. The summed E-state index contributed by atoms with van der Waals surface area (Å²) in [6.45, 7) is 0. The highest BCUT2D eigenvalue weighted by Crippen LogP contribution is 2.24. The number of aromatic nitrogens is 2. The number of H-pyrrole nitrogens is 1. The van der Waals surface area contributed by atoms with Crippen LogP contribution in [0.1, 0.15) is 39.8 Å². The highest BCUT2D eigenvalue weighted by Gasteiger charge is 2.25. The van der Waals surface area contributed by atoms with E-state index >= 15 is 0 Å². The molecule has 2 N–H and O–H groups in total. The van der Waals surface area contributed by atoms with Gasteiger partial charge in [-0.3, -0.25) is 9.89 Å². The van der Waals surface area contributed by atoms with Crippen molar-refractivity contribution < 1.29 is 4.79 Å². The molecule has 5 nitrogen and oxygen atoms in total. The first-order valence-electron chi connectivity index (χ1n) is 6.71. The summed E-state index contributed by atoms with van der Waals surface area (Å²) >= 11 is 3.37. The van der Waals surface area contributed by atoms with Crippen molar-refractivity contribution in [3.63, 3.8) is 0 Å². The fourth-order valence-corrected chi connectivity index (χ4v) is 3.00. The Hall–Kier alpha value is -2.13. The third-order valence-electron chi connectivity index (χ3n) is 3.61. The summed E-state index contributed by atoms with van der Waals surface area (Å²) in [5.41, 5.74) is 3.18. The molecule has 1 aromatic heterocycles. The van der Waals surface area contributed by atoms with Gasteiger partial charge in [0, 0.05) is 15.7 Å². The Morgan fingerprint density at radius 1 is 1.48 bits per heavy atom. The molecule has 0 fully saturated rings. The van der Waals surface area contributed by atoms with Gasteiger partial charge < -0.3 is 5.32 Å². The van der Waals surface area contributed by atoms with Crippen molar-refractivity contribution >= 4 is 21.8 Å². The Kier molecular flexibility index (Phi) is 3.76. The third kappa shape index (κ3) is 2.69. The molecule has 0 spiro atoms. The molecule has 0 saturated heterocycles. The van der Waals surface area contributed by atoms with Crippen LogP contribution < -0.4 is 5.32 Å². The van der Waals surface area contributed by atoms with E-state index in [4.69, 9.17) is 0 Å². The average molecular weight is 345 g/mol. The molecule has 21 heavy (non-hydrogen) atoms. The third-order valence-corrected chi connectivity index (χ3v) is 4.10. The van der Waals surface area contributed by atoms with Crippen molar-refractivity contribution in [2.75, 3.05) is 0 Å². The first kappa shape index (κ1) is 13.8. The van der Waals surface area contributed by atoms with Crippen LogP contribution in [0.3, 0.4) is 0 Å². The molecule has 1 amide bonds. The van der Waals surface area contributed by atoms with E-state index in [0.717, 1.165) is 40.6 Å². The zero-order valence-electron chi connectivity index (χ0n) is 11.2. The lowest BCUT2D eigenvalue weighted by Crippen LogP contribution is -2.28. The second-order valence-electron chi connectivity index (χ2n) is 4.97. The number of rotatable bonds is 3. The molecule has 1 heterocycles. The second-order valence-corrected chi connectivity index (χ2v) is 5.89. The number of amides is 1. The van der Waals surface area contributed by atoms with E-state index in [1.807, 2.05) is 24.3 Å². The molecule has 106 valence electrons. The molecule has 1 atom stereocenters. The number of nitrogens with one attached hydrogen (secondary N) is 2. The molecule has 2 aromatic rings. The quantitative estimate of drug-likeness (QED) is 0.897. The summed E-state index contributed by atoms with van der Waals surface area (Å²) in [4.78, 5) is 12.3. The van der Waals surface area contributed by atoms with Crippen LogP contribution in [0.15, 0.2) is 28.7 Å². The fraction of sp³-hybridized carbons (Fsp3) is 0.267. The van der Waals surface area contributed by atoms with Gasteiger partial charge in [-0.05, 0) is 37.0 Å². The minimum atomic E-state index is -0.691. The lowest BCUT2D eigenvalue weighted by Gasteiger charge is -2.11. The summed E-state index contributed by atoms with van der Waals surface area (Å²) in [6, 6.07) is 8.77. The van der Waals surface area contributed by atoms with Gasteiger partial charge in [-0.15, -0.1) is 0 Å². The zero-order valence-corrected chi connectivity index (χ0v) is 12.8. The summed E-state index contributed by atoms with van der Waals surface area (Å²) < 4.78 is 0.871. The van der Waals surface area contributed by atoms with Crippen LogP contribution in [0.2, 0.25) is 0 Å². The highest BCUT2D eigenvalue weighted by atomic mass is 79.9. The predicted molar refractivity (Wildman–Crippen MR) is 80.6 cm³/mol. The molecule has 1 aliphatic rings. The van der Waals surface area contributed by atoms with Crippen molar-refractivity contribution in [2.24, 2.45) is 0 Å². The van der Waals surface area contributed by atoms with E-state index in [2.05, 4.69) is 37.5 Å². The van der Waals surface area contributed by atoms with E-state index in [9.17, 15) is 10.1 Å². The molecular formula is C15H13BrN4O. The first-order valence-corrected chi connectivity index (χ1v) is 7.50. The number of benzene rings is 1. The standard InChI is InChI=1S/C15H13BrN4O/c16-10-4-1-3-9(7-10)13(8-17)18-15(21)14-11-5-2-6-12(11)19-20-14/h1,3-4,7,13H,2,5-6H2,(H,18,21)(H,19,20)/t13-/m0/s1. The summed E-state index contributed by atoms with van der Waals surface area (Å²) in [5, 5.41) is 19.0. The largest absolute Gasteiger partial charge is 0.331 e. The van der Waals surface area contributed by atoms with Crippen LogP contribution in [0.5, 0.6) is 0 Å². The number of hydrogen-bond donors (Lipinski definition) is 2. The number of aryl methyl sites for hydroxylation is 1. The van der Waals surface area contributed by atoms with Crippen LogP contribution in [-0.4, -0.2) is 16.1 Å². The Morgan fingerprint density at radius 2 is 2.33 bits per heavy atom. The molecule has 0 aliphatic heterocycles. The number of fused-ring (bicyclic) bond motifs is 1. The van der Waals surface area contributed by atoms with Crippen molar-refractivity contribution in [3.8, 4) is 6.07 Å². The number of nitriles is 1. The topological polar surface area (TPSA) is 81.6 Å². The number of aromatic amines is 1. The molecule has 0 bridgehead atoms. The van der Waals surface area contributed by atoms with Gasteiger partial charge in [-0.25, -0.2) is 0 Å². The molecule has 0 radical (unpaired) electrons. The van der Waals surface area contributed by atoms with E-state index in [1.165, 1.54) is 0 Å². The molecule has 0 unspecified atom stereocenters. The highest BCUT2D eigenvalue weighted by molar-refractivity contribution is 9.10. The van der Waals surface area contributed by atoms with Gasteiger partial charge in [0.25, 0.3) is 5.91 Å². The van der Waals surface area contributed by atoms with E-state index in [0.29, 0.717) is 5.69 Å². The van der Waals surface area contributed by atoms with Gasteiger partial charge >= 0.3 is 0 Å². The smallest absolute Gasteiger partial charge is 0.273 e. The monoisotopic (exact) mass is 344 g/mol. The minimum Gasteiger partial charge on any atom is -0.331 e. The van der Waals surface area contributed by atoms with Gasteiger partial charge in [0.1, 0.15) is 6.04 Å². The molecule has 1 aromatic carbocycles. The zero-order chi connectivity index (χ0) is 14.8. The summed E-state index contributed by atoms with van der Waals surface area (Å²) in [6.07, 6.45) is 2.84. The number of nitrogens with zero attached hydrogens (tertiary/aromatic N) is 2.